The molecule has 0 N–H and O–H groups in total. The molecule has 0 saturated carbocycles. The Balaban J connectivity index is 1.99. The smallest absolute Gasteiger partial charge is 0.388 e. The lowest BCUT2D eigenvalue weighted by atomic mass is 10.2. The lowest BCUT2D eigenvalue weighted by molar-refractivity contribution is -0.276. The molecule has 2 aromatic heterocycles. The van der Waals surface area contributed by atoms with Crippen LogP contribution in [0.1, 0.15) is 0 Å². The van der Waals surface area contributed by atoms with Gasteiger partial charge in [0.1, 0.15) is 0 Å². The minimum absolute atomic E-state index is 0.488. The lowest BCUT2D eigenvalue weighted by Gasteiger charge is -2.08. The van der Waals surface area contributed by atoms with Crippen LogP contribution in [-0.2, 0) is 7.05 Å². The third-order valence-corrected chi connectivity index (χ3v) is 3.49. The van der Waals surface area contributed by atoms with Crippen LogP contribution < -0.4 is 4.74 Å². The van der Waals surface area contributed by atoms with E-state index in [2.05, 4.69) is 9.72 Å². The van der Waals surface area contributed by atoms with E-state index < -0.39 is 12.2 Å². The van der Waals surface area contributed by atoms with Gasteiger partial charge in [-0.05, 0) is 30.3 Å². The largest absolute Gasteiger partial charge is 0.574 e. The van der Waals surface area contributed by atoms with Crippen LogP contribution in [0, 0.1) is 0 Å². The maximum atomic E-state index is 12.1. The fraction of sp³-hybridized carbons (Fsp3) is 0.133. The Kier molecular flexibility index (Phi) is 3.48. The van der Waals surface area contributed by atoms with Crippen LogP contribution in [0.15, 0.2) is 42.6 Å². The Bertz CT molecular complexity index is 825. The topological polar surface area (TPSA) is 27.1 Å². The van der Waals surface area contributed by atoms with Crippen molar-refractivity contribution in [2.75, 3.05) is 0 Å². The van der Waals surface area contributed by atoms with Gasteiger partial charge in [0.15, 0.2) is 0 Å². The molecule has 0 atom stereocenters. The van der Waals surface area contributed by atoms with E-state index >= 15 is 0 Å². The number of benzene rings is 1. The molecule has 1 aromatic carbocycles. The summed E-state index contributed by atoms with van der Waals surface area (Å²) in [6.45, 7) is 0. The highest BCUT2D eigenvalue weighted by atomic mass is 35.5. The number of halogens is 4. The molecule has 22 heavy (non-hydrogen) atoms. The van der Waals surface area contributed by atoms with Gasteiger partial charge in [0.05, 0.1) is 5.69 Å². The summed E-state index contributed by atoms with van der Waals surface area (Å²) >= 11 is 5.96. The molecule has 0 aliphatic heterocycles. The molecular formula is C15H10ClF3N2O. The van der Waals surface area contributed by atoms with Gasteiger partial charge in [-0.3, -0.25) is 0 Å². The molecule has 3 nitrogen and oxygen atoms in total. The summed E-state index contributed by atoms with van der Waals surface area (Å²) in [7, 11) is 1.87. The fourth-order valence-electron chi connectivity index (χ4n) is 2.31. The summed E-state index contributed by atoms with van der Waals surface area (Å²) in [4.78, 5) is 3.69. The average Bonchev–Trinajstić information content (AvgIpc) is 2.74. The van der Waals surface area contributed by atoms with Crippen LogP contribution in [0.2, 0.25) is 5.02 Å². The Morgan fingerprint density at radius 1 is 1.14 bits per heavy atom. The molecular weight excluding hydrogens is 317 g/mol. The summed E-state index contributed by atoms with van der Waals surface area (Å²) in [5.74, 6) is -0.488. The molecule has 0 amide bonds. The van der Waals surface area contributed by atoms with Crippen LogP contribution in [-0.4, -0.2) is 15.9 Å². The van der Waals surface area contributed by atoms with Gasteiger partial charge in [-0.2, -0.15) is 0 Å². The molecule has 0 aliphatic carbocycles. The van der Waals surface area contributed by atoms with Crippen LogP contribution in [0.3, 0.4) is 0 Å². The van der Waals surface area contributed by atoms with Gasteiger partial charge in [0.25, 0.3) is 0 Å². The maximum Gasteiger partial charge on any atom is 0.574 e. The normalized spacial score (nSPS) is 11.9. The van der Waals surface area contributed by atoms with Crippen molar-refractivity contribution < 1.29 is 17.9 Å². The molecule has 114 valence electrons. The van der Waals surface area contributed by atoms with Crippen molar-refractivity contribution >= 4 is 22.5 Å². The number of hydrogen-bond acceptors (Lipinski definition) is 2. The highest BCUT2D eigenvalue weighted by Gasteiger charge is 2.31. The standard InChI is InChI=1S/C15H10ClF3N2O/c1-21-12-4-3-11(16)6-10(12)7-13(21)9-2-5-14(20-8-9)22-15(17,18)19/h2-8H,1H3. The number of nitrogens with zero attached hydrogens (tertiary/aromatic N) is 2. The molecule has 0 saturated heterocycles. The van der Waals surface area contributed by atoms with Gasteiger partial charge >= 0.3 is 6.36 Å². The van der Waals surface area contributed by atoms with Gasteiger partial charge in [-0.15, -0.1) is 13.2 Å². The Hall–Kier alpha value is -2.21. The predicted molar refractivity (Wildman–Crippen MR) is 77.8 cm³/mol. The zero-order valence-electron chi connectivity index (χ0n) is 11.4. The predicted octanol–water partition coefficient (Wildman–Crippen LogP) is 4.79. The zero-order chi connectivity index (χ0) is 15.9. The Morgan fingerprint density at radius 2 is 1.91 bits per heavy atom. The minimum atomic E-state index is -4.75. The van der Waals surface area contributed by atoms with Crippen LogP contribution in [0.5, 0.6) is 5.88 Å². The first-order chi connectivity index (χ1) is 10.3. The second kappa shape index (κ2) is 5.21. The van der Waals surface area contributed by atoms with E-state index in [9.17, 15) is 13.2 Å². The van der Waals surface area contributed by atoms with Crippen LogP contribution >= 0.6 is 11.6 Å². The monoisotopic (exact) mass is 326 g/mol. The second-order valence-corrected chi connectivity index (χ2v) is 5.16. The number of aryl methyl sites for hydroxylation is 1. The molecule has 0 radical (unpaired) electrons. The third-order valence-electron chi connectivity index (χ3n) is 3.26. The Morgan fingerprint density at radius 3 is 2.55 bits per heavy atom. The highest BCUT2D eigenvalue weighted by Crippen LogP contribution is 2.30. The van der Waals surface area contributed by atoms with Crippen molar-refractivity contribution in [3.63, 3.8) is 0 Å². The fourth-order valence-corrected chi connectivity index (χ4v) is 2.49. The second-order valence-electron chi connectivity index (χ2n) is 4.72. The Labute approximate surface area is 128 Å². The number of fused-ring (bicyclic) bond motifs is 1. The molecule has 3 aromatic rings. The van der Waals surface area contributed by atoms with E-state index in [1.165, 1.54) is 18.3 Å². The molecule has 2 heterocycles. The first-order valence-corrected chi connectivity index (χ1v) is 6.68. The van der Waals surface area contributed by atoms with Crippen molar-refractivity contribution in [1.82, 2.24) is 9.55 Å². The van der Waals surface area contributed by atoms with Crippen LogP contribution in [0.4, 0.5) is 13.2 Å². The van der Waals surface area contributed by atoms with Gasteiger partial charge in [0.2, 0.25) is 5.88 Å². The van der Waals surface area contributed by atoms with E-state index in [-0.39, 0.29) is 0 Å². The number of hydrogen-bond donors (Lipinski definition) is 0. The number of ether oxygens (including phenoxy) is 1. The van der Waals surface area contributed by atoms with E-state index in [4.69, 9.17) is 11.6 Å². The van der Waals surface area contributed by atoms with Crippen LogP contribution in [0.25, 0.3) is 22.2 Å². The zero-order valence-corrected chi connectivity index (χ0v) is 12.1. The number of alkyl halides is 3. The van der Waals surface area contributed by atoms with Crippen molar-refractivity contribution in [3.8, 4) is 17.1 Å². The molecule has 0 fully saturated rings. The number of rotatable bonds is 2. The molecule has 0 bridgehead atoms. The summed E-state index contributed by atoms with van der Waals surface area (Å²) in [6.07, 6.45) is -3.40. The number of aromatic nitrogens is 2. The third kappa shape index (κ3) is 2.87. The first kappa shape index (κ1) is 14.7. The highest BCUT2D eigenvalue weighted by molar-refractivity contribution is 6.31. The van der Waals surface area contributed by atoms with Gasteiger partial charge < -0.3 is 9.30 Å². The summed E-state index contributed by atoms with van der Waals surface area (Å²) in [5, 5.41) is 1.57. The maximum absolute atomic E-state index is 12.1. The summed E-state index contributed by atoms with van der Waals surface area (Å²) in [5.41, 5.74) is 2.47. The minimum Gasteiger partial charge on any atom is -0.388 e. The van der Waals surface area contributed by atoms with Crippen molar-refractivity contribution in [2.24, 2.45) is 7.05 Å². The number of pyridine rings is 1. The quantitative estimate of drug-likeness (QED) is 0.677. The lowest BCUT2D eigenvalue weighted by Crippen LogP contribution is -2.17. The molecule has 3 rings (SSSR count). The van der Waals surface area contributed by atoms with Crippen molar-refractivity contribution in [1.29, 1.82) is 0 Å². The van der Waals surface area contributed by atoms with E-state index in [1.807, 2.05) is 29.8 Å². The molecule has 7 heteroatoms. The average molecular weight is 327 g/mol. The molecule has 0 aliphatic rings. The molecule has 0 unspecified atom stereocenters. The SMILES string of the molecule is Cn1c(-c2ccc(OC(F)(F)F)nc2)cc2cc(Cl)ccc21. The van der Waals surface area contributed by atoms with E-state index in [1.54, 1.807) is 6.07 Å². The first-order valence-electron chi connectivity index (χ1n) is 6.31. The van der Waals surface area contributed by atoms with Gasteiger partial charge in [-0.25, -0.2) is 4.98 Å². The summed E-state index contributed by atoms with van der Waals surface area (Å²) < 4.78 is 42.1. The van der Waals surface area contributed by atoms with Gasteiger partial charge in [0, 0.05) is 40.8 Å². The molecule has 0 spiro atoms. The van der Waals surface area contributed by atoms with E-state index in [0.717, 1.165) is 16.6 Å². The van der Waals surface area contributed by atoms with Gasteiger partial charge in [-0.1, -0.05) is 11.6 Å². The van der Waals surface area contributed by atoms with E-state index in [0.29, 0.717) is 10.6 Å². The van der Waals surface area contributed by atoms with Crippen molar-refractivity contribution in [3.05, 3.63) is 47.6 Å². The summed E-state index contributed by atoms with van der Waals surface area (Å²) in [6, 6.07) is 10.1. The van der Waals surface area contributed by atoms with Crippen molar-refractivity contribution in [2.45, 2.75) is 6.36 Å².